The van der Waals surface area contributed by atoms with Crippen molar-refractivity contribution in [2.24, 2.45) is 34.5 Å². The van der Waals surface area contributed by atoms with Gasteiger partial charge in [0.15, 0.2) is 0 Å². The molecule has 0 radical (unpaired) electrons. The maximum atomic E-state index is 11.0. The van der Waals surface area contributed by atoms with Crippen molar-refractivity contribution in [3.63, 3.8) is 0 Å². The number of rotatable bonds is 0. The lowest BCUT2D eigenvalue weighted by Crippen LogP contribution is -2.55. The zero-order valence-corrected chi connectivity index (χ0v) is 14.1. The molecule has 7 atom stereocenters. The van der Waals surface area contributed by atoms with Crippen LogP contribution in [0.5, 0.6) is 0 Å². The Hall–Kier alpha value is -0.740. The minimum absolute atomic E-state index is 0.0450. The normalized spacial score (nSPS) is 56.6. The summed E-state index contributed by atoms with van der Waals surface area (Å²) in [6.07, 6.45) is 20.2. The van der Waals surface area contributed by atoms with Crippen LogP contribution in [0.1, 0.15) is 65.2 Å². The smallest absolute Gasteiger partial charge is 0.130 e. The first-order chi connectivity index (χ1) is 10.4. The van der Waals surface area contributed by atoms with E-state index in [1.807, 2.05) is 0 Å². The van der Waals surface area contributed by atoms with E-state index in [9.17, 15) is 5.11 Å². The van der Waals surface area contributed by atoms with Crippen molar-refractivity contribution < 1.29 is 5.11 Å². The molecule has 0 bridgehead atoms. The Bertz CT molecular complexity index is 543. The molecule has 4 aliphatic carbocycles. The van der Waals surface area contributed by atoms with Crippen molar-refractivity contribution in [3.8, 4) is 12.3 Å². The van der Waals surface area contributed by atoms with E-state index < -0.39 is 5.60 Å². The van der Waals surface area contributed by atoms with Crippen LogP contribution >= 0.6 is 0 Å². The Balaban J connectivity index is 1.68. The average Bonchev–Trinajstić information content (AvgIpc) is 2.79. The highest BCUT2D eigenvalue weighted by Gasteiger charge is 2.63. The van der Waals surface area contributed by atoms with E-state index in [0.29, 0.717) is 11.3 Å². The van der Waals surface area contributed by atoms with Gasteiger partial charge in [-0.05, 0) is 80.5 Å². The van der Waals surface area contributed by atoms with Crippen LogP contribution in [0.4, 0.5) is 0 Å². The lowest BCUT2D eigenvalue weighted by Gasteiger charge is -2.60. The fourth-order valence-corrected chi connectivity index (χ4v) is 7.09. The number of fused-ring (bicyclic) bond motifs is 5. The van der Waals surface area contributed by atoms with E-state index in [1.165, 1.54) is 32.1 Å². The van der Waals surface area contributed by atoms with Crippen LogP contribution in [-0.4, -0.2) is 10.7 Å². The summed E-state index contributed by atoms with van der Waals surface area (Å²) in [6.45, 7) is 4.85. The molecule has 0 spiro atoms. The topological polar surface area (TPSA) is 20.2 Å². The van der Waals surface area contributed by atoms with Crippen LogP contribution in [0.2, 0.25) is 0 Å². The molecule has 1 N–H and O–H groups in total. The largest absolute Gasteiger partial charge is 0.377 e. The molecule has 1 heteroatoms. The first kappa shape index (κ1) is 14.8. The fraction of sp³-hybridized carbons (Fsp3) is 0.810. The van der Waals surface area contributed by atoms with Crippen molar-refractivity contribution in [2.75, 3.05) is 0 Å². The second-order valence-electron chi connectivity index (χ2n) is 9.07. The zero-order chi connectivity index (χ0) is 15.6. The maximum Gasteiger partial charge on any atom is 0.130 e. The zero-order valence-electron chi connectivity index (χ0n) is 14.1. The highest BCUT2D eigenvalue weighted by Crippen LogP contribution is 2.67. The Kier molecular flexibility index (Phi) is 3.12. The Labute approximate surface area is 135 Å². The molecule has 0 aromatic heterocycles. The van der Waals surface area contributed by atoms with Gasteiger partial charge in [-0.15, -0.1) is 6.42 Å². The molecule has 3 fully saturated rings. The predicted octanol–water partition coefficient (Wildman–Crippen LogP) is 4.56. The van der Waals surface area contributed by atoms with Crippen molar-refractivity contribution in [1.29, 1.82) is 0 Å². The molecule has 22 heavy (non-hydrogen) atoms. The van der Waals surface area contributed by atoms with E-state index in [4.69, 9.17) is 6.42 Å². The number of hydrogen-bond acceptors (Lipinski definition) is 1. The highest BCUT2D eigenvalue weighted by molar-refractivity contribution is 5.23. The third-order valence-corrected chi connectivity index (χ3v) is 8.60. The van der Waals surface area contributed by atoms with Crippen LogP contribution in [0.15, 0.2) is 12.2 Å². The Morgan fingerprint density at radius 2 is 1.82 bits per heavy atom. The first-order valence-electron chi connectivity index (χ1n) is 9.30. The fourth-order valence-electron chi connectivity index (χ4n) is 7.09. The molecule has 3 saturated carbocycles. The molecule has 4 aliphatic rings. The quantitative estimate of drug-likeness (QED) is 0.513. The number of allylic oxidation sites excluding steroid dienone is 2. The van der Waals surface area contributed by atoms with E-state index in [2.05, 4.69) is 31.9 Å². The third kappa shape index (κ3) is 1.66. The summed E-state index contributed by atoms with van der Waals surface area (Å²) in [4.78, 5) is 0. The molecule has 120 valence electrons. The van der Waals surface area contributed by atoms with Gasteiger partial charge in [-0.1, -0.05) is 31.9 Å². The van der Waals surface area contributed by atoms with Crippen LogP contribution in [0, 0.1) is 46.8 Å². The number of aliphatic hydroxyl groups is 1. The summed E-state index contributed by atoms with van der Waals surface area (Å²) in [7, 11) is 0. The van der Waals surface area contributed by atoms with Crippen molar-refractivity contribution in [2.45, 2.75) is 70.8 Å². The summed E-state index contributed by atoms with van der Waals surface area (Å²) in [6, 6.07) is 0. The molecule has 0 aliphatic heterocycles. The van der Waals surface area contributed by atoms with Crippen LogP contribution < -0.4 is 0 Å². The van der Waals surface area contributed by atoms with Gasteiger partial charge in [0.05, 0.1) is 0 Å². The van der Waals surface area contributed by atoms with E-state index in [0.717, 1.165) is 37.0 Å². The van der Waals surface area contributed by atoms with E-state index in [-0.39, 0.29) is 5.41 Å². The third-order valence-electron chi connectivity index (χ3n) is 8.60. The van der Waals surface area contributed by atoms with Gasteiger partial charge in [-0.3, -0.25) is 0 Å². The van der Waals surface area contributed by atoms with Crippen LogP contribution in [0.3, 0.4) is 0 Å². The van der Waals surface area contributed by atoms with Gasteiger partial charge >= 0.3 is 0 Å². The molecular weight excluding hydrogens is 268 g/mol. The van der Waals surface area contributed by atoms with Gasteiger partial charge in [0, 0.05) is 5.41 Å². The standard InChI is InChI=1S/C21H30O/c1-4-21(22)14-11-18-16-9-8-15-7-5-6-12-19(15,2)17(16)10-13-20(18,21)3/h1,5-6,15-18,22H,7-14H2,2-3H3/t15-,16+,17-,18-,19-,20-,21+/m0/s1. The second-order valence-corrected chi connectivity index (χ2v) is 9.07. The first-order valence-corrected chi connectivity index (χ1v) is 9.30. The van der Waals surface area contributed by atoms with Gasteiger partial charge in [0.1, 0.15) is 5.60 Å². The number of hydrogen-bond donors (Lipinski definition) is 1. The highest BCUT2D eigenvalue weighted by atomic mass is 16.3. The van der Waals surface area contributed by atoms with Gasteiger partial charge in [0.25, 0.3) is 0 Å². The molecule has 1 nitrogen and oxygen atoms in total. The van der Waals surface area contributed by atoms with Crippen LogP contribution in [-0.2, 0) is 0 Å². The van der Waals surface area contributed by atoms with E-state index in [1.54, 1.807) is 0 Å². The molecule has 0 aromatic carbocycles. The van der Waals surface area contributed by atoms with Crippen molar-refractivity contribution >= 4 is 0 Å². The molecule has 4 rings (SSSR count). The summed E-state index contributed by atoms with van der Waals surface area (Å²) in [5.41, 5.74) is -0.403. The van der Waals surface area contributed by atoms with Crippen molar-refractivity contribution in [3.05, 3.63) is 12.2 Å². The van der Waals surface area contributed by atoms with E-state index >= 15 is 0 Å². The molecule has 0 unspecified atom stereocenters. The van der Waals surface area contributed by atoms with Gasteiger partial charge in [-0.25, -0.2) is 0 Å². The SMILES string of the molecule is C#C[C@@]1(O)CC[C@H]2[C@@H]3CC[C@@H]4CC=CC[C@]4(C)[C@H]3CC[C@@]21C. The summed E-state index contributed by atoms with van der Waals surface area (Å²) < 4.78 is 0. The lowest BCUT2D eigenvalue weighted by atomic mass is 9.45. The minimum Gasteiger partial charge on any atom is -0.377 e. The summed E-state index contributed by atoms with van der Waals surface area (Å²) >= 11 is 0. The second kappa shape index (κ2) is 4.64. The number of terminal acetylenes is 1. The molecule has 0 amide bonds. The van der Waals surface area contributed by atoms with Gasteiger partial charge < -0.3 is 5.11 Å². The van der Waals surface area contributed by atoms with Crippen molar-refractivity contribution in [1.82, 2.24) is 0 Å². The average molecular weight is 298 g/mol. The molecule has 0 heterocycles. The van der Waals surface area contributed by atoms with Gasteiger partial charge in [-0.2, -0.15) is 0 Å². The molecular formula is C21H30O. The Morgan fingerprint density at radius 3 is 2.59 bits per heavy atom. The summed E-state index contributed by atoms with van der Waals surface area (Å²) in [5, 5.41) is 11.0. The summed E-state index contributed by atoms with van der Waals surface area (Å²) in [5.74, 6) is 5.93. The van der Waals surface area contributed by atoms with Crippen LogP contribution in [0.25, 0.3) is 0 Å². The molecule has 0 saturated heterocycles. The monoisotopic (exact) mass is 298 g/mol. The lowest BCUT2D eigenvalue weighted by molar-refractivity contribution is -0.125. The Morgan fingerprint density at radius 1 is 1.05 bits per heavy atom. The minimum atomic E-state index is -0.854. The predicted molar refractivity (Wildman–Crippen MR) is 90.0 cm³/mol. The molecule has 0 aromatic rings. The van der Waals surface area contributed by atoms with Gasteiger partial charge in [0.2, 0.25) is 0 Å². The maximum absolute atomic E-state index is 11.0.